The van der Waals surface area contributed by atoms with Crippen LogP contribution in [0.1, 0.15) is 21.7 Å². The molecule has 29 heavy (non-hydrogen) atoms. The number of nitrogens with one attached hydrogen (secondary N) is 3. The predicted molar refractivity (Wildman–Crippen MR) is 111 cm³/mol. The highest BCUT2D eigenvalue weighted by molar-refractivity contribution is 7.99. The van der Waals surface area contributed by atoms with Crippen molar-refractivity contribution >= 4 is 40.8 Å². The lowest BCUT2D eigenvalue weighted by molar-refractivity contribution is -0.113. The van der Waals surface area contributed by atoms with Gasteiger partial charge >= 0.3 is 0 Å². The third-order valence-electron chi connectivity index (χ3n) is 4.13. The molecule has 0 fully saturated rings. The van der Waals surface area contributed by atoms with Crippen molar-refractivity contribution in [2.45, 2.75) is 19.0 Å². The van der Waals surface area contributed by atoms with Crippen LogP contribution in [0.25, 0.3) is 0 Å². The molecule has 0 spiro atoms. The quantitative estimate of drug-likeness (QED) is 0.359. The van der Waals surface area contributed by atoms with Gasteiger partial charge < -0.3 is 20.8 Å². The van der Waals surface area contributed by atoms with E-state index in [4.69, 9.17) is 10.2 Å². The van der Waals surface area contributed by atoms with Crippen LogP contribution in [0.3, 0.4) is 0 Å². The van der Waals surface area contributed by atoms with Gasteiger partial charge in [-0.25, -0.2) is 4.98 Å². The van der Waals surface area contributed by atoms with E-state index in [9.17, 15) is 14.4 Å². The number of amides is 2. The normalized spacial score (nSPS) is 10.6. The van der Waals surface area contributed by atoms with Crippen LogP contribution in [0, 0.1) is 13.8 Å². The summed E-state index contributed by atoms with van der Waals surface area (Å²) in [5.74, 6) is -0.979. The van der Waals surface area contributed by atoms with Gasteiger partial charge in [0.15, 0.2) is 22.4 Å². The summed E-state index contributed by atoms with van der Waals surface area (Å²) in [5.41, 5.74) is 7.77. The van der Waals surface area contributed by atoms with Gasteiger partial charge in [-0.3, -0.25) is 19.4 Å². The Hall–Kier alpha value is -3.53. The van der Waals surface area contributed by atoms with Crippen molar-refractivity contribution in [3.63, 3.8) is 0 Å². The molecule has 0 unspecified atom stereocenters. The first-order valence-corrected chi connectivity index (χ1v) is 9.57. The Kier molecular flexibility index (Phi) is 6.03. The molecule has 0 aliphatic carbocycles. The fourth-order valence-electron chi connectivity index (χ4n) is 2.45. The maximum atomic E-state index is 12.2. The molecule has 2 amide bonds. The standard InChI is InChI=1S/C19H19N5O4S/c1-10-5-3-6-12(11(10)2)21-14(25)9-29-19-23-16(20)15(18(27)24-19)22-17(26)13-7-4-8-28-13/h3-8H,9H2,1-2H3,(H,21,25)(H,22,26)(H3,20,23,24,27). The monoisotopic (exact) mass is 413 g/mol. The molecular weight excluding hydrogens is 394 g/mol. The third kappa shape index (κ3) is 4.85. The molecule has 3 rings (SSSR count). The zero-order chi connectivity index (χ0) is 21.0. The summed E-state index contributed by atoms with van der Waals surface area (Å²) in [7, 11) is 0. The Morgan fingerprint density at radius 2 is 2.00 bits per heavy atom. The van der Waals surface area contributed by atoms with Crippen molar-refractivity contribution in [2.24, 2.45) is 0 Å². The van der Waals surface area contributed by atoms with Crippen LogP contribution < -0.4 is 21.9 Å². The maximum Gasteiger partial charge on any atom is 0.291 e. The average molecular weight is 413 g/mol. The molecular formula is C19H19N5O4S. The molecule has 0 saturated carbocycles. The Morgan fingerprint density at radius 3 is 2.69 bits per heavy atom. The second-order valence-electron chi connectivity index (χ2n) is 6.15. The molecule has 9 nitrogen and oxygen atoms in total. The van der Waals surface area contributed by atoms with Crippen LogP contribution in [0.5, 0.6) is 0 Å². The zero-order valence-corrected chi connectivity index (χ0v) is 16.6. The summed E-state index contributed by atoms with van der Waals surface area (Å²) in [5, 5.41) is 5.36. The zero-order valence-electron chi connectivity index (χ0n) is 15.7. The van der Waals surface area contributed by atoms with Crippen molar-refractivity contribution in [1.29, 1.82) is 0 Å². The smallest absolute Gasteiger partial charge is 0.291 e. The van der Waals surface area contributed by atoms with Gasteiger partial charge in [0.25, 0.3) is 11.5 Å². The second kappa shape index (κ2) is 8.65. The molecule has 10 heteroatoms. The van der Waals surface area contributed by atoms with Crippen LogP contribution in [0.2, 0.25) is 0 Å². The summed E-state index contributed by atoms with van der Waals surface area (Å²) in [6.45, 7) is 3.89. The number of carbonyl (C=O) groups is 2. The van der Waals surface area contributed by atoms with E-state index in [-0.39, 0.29) is 34.1 Å². The number of hydrogen-bond acceptors (Lipinski definition) is 7. The molecule has 0 radical (unpaired) electrons. The first kappa shape index (κ1) is 20.2. The minimum atomic E-state index is -0.630. The van der Waals surface area contributed by atoms with Gasteiger partial charge in [-0.05, 0) is 43.2 Å². The summed E-state index contributed by atoms with van der Waals surface area (Å²) >= 11 is 1.02. The number of thioether (sulfide) groups is 1. The number of rotatable bonds is 6. The summed E-state index contributed by atoms with van der Waals surface area (Å²) in [4.78, 5) is 43.0. The molecule has 0 bridgehead atoms. The number of nitrogens with two attached hydrogens (primary N) is 1. The summed E-state index contributed by atoms with van der Waals surface area (Å²) in [6, 6.07) is 8.64. The minimum Gasteiger partial charge on any atom is -0.459 e. The number of aromatic nitrogens is 2. The number of carbonyl (C=O) groups excluding carboxylic acids is 2. The van der Waals surface area contributed by atoms with E-state index >= 15 is 0 Å². The van der Waals surface area contributed by atoms with E-state index in [1.807, 2.05) is 32.0 Å². The number of benzene rings is 1. The first-order chi connectivity index (χ1) is 13.8. The van der Waals surface area contributed by atoms with Crippen LogP contribution in [-0.2, 0) is 4.79 Å². The lowest BCUT2D eigenvalue weighted by atomic mass is 10.1. The van der Waals surface area contributed by atoms with E-state index in [0.29, 0.717) is 0 Å². The molecule has 1 aromatic carbocycles. The molecule has 150 valence electrons. The topological polar surface area (TPSA) is 143 Å². The maximum absolute atomic E-state index is 12.2. The fraction of sp³-hybridized carbons (Fsp3) is 0.158. The Bertz CT molecular complexity index is 1110. The third-order valence-corrected chi connectivity index (χ3v) is 5.00. The van der Waals surface area contributed by atoms with Crippen molar-refractivity contribution in [1.82, 2.24) is 9.97 Å². The molecule has 0 atom stereocenters. The minimum absolute atomic E-state index is 0.0217. The Morgan fingerprint density at radius 1 is 1.21 bits per heavy atom. The van der Waals surface area contributed by atoms with E-state index in [1.165, 1.54) is 12.3 Å². The number of aryl methyl sites for hydroxylation is 1. The number of nitrogens with zero attached hydrogens (tertiary/aromatic N) is 1. The van der Waals surface area contributed by atoms with Crippen molar-refractivity contribution in [2.75, 3.05) is 22.1 Å². The molecule has 0 aliphatic rings. The van der Waals surface area contributed by atoms with Crippen molar-refractivity contribution in [3.05, 3.63) is 63.8 Å². The number of H-pyrrole nitrogens is 1. The van der Waals surface area contributed by atoms with Crippen LogP contribution in [-0.4, -0.2) is 27.5 Å². The SMILES string of the molecule is Cc1cccc(NC(=O)CSc2nc(N)c(NC(=O)c3ccco3)c(=O)[nH]2)c1C. The van der Waals surface area contributed by atoms with Gasteiger partial charge in [-0.2, -0.15) is 0 Å². The highest BCUT2D eigenvalue weighted by Gasteiger charge is 2.16. The predicted octanol–water partition coefficient (Wildman–Crippen LogP) is 2.55. The number of anilines is 3. The second-order valence-corrected chi connectivity index (χ2v) is 7.11. The van der Waals surface area contributed by atoms with E-state index in [0.717, 1.165) is 28.6 Å². The van der Waals surface area contributed by atoms with Gasteiger partial charge in [0, 0.05) is 5.69 Å². The number of furan rings is 1. The average Bonchev–Trinajstić information content (AvgIpc) is 3.21. The van der Waals surface area contributed by atoms with Gasteiger partial charge in [-0.1, -0.05) is 23.9 Å². The van der Waals surface area contributed by atoms with Gasteiger partial charge in [-0.15, -0.1) is 0 Å². The molecule has 2 aromatic heterocycles. The first-order valence-electron chi connectivity index (χ1n) is 8.58. The van der Waals surface area contributed by atoms with E-state index < -0.39 is 11.5 Å². The number of hydrogen-bond donors (Lipinski definition) is 4. The molecule has 5 N–H and O–H groups in total. The van der Waals surface area contributed by atoms with E-state index in [2.05, 4.69) is 20.6 Å². The lowest BCUT2D eigenvalue weighted by Crippen LogP contribution is -2.23. The van der Waals surface area contributed by atoms with Gasteiger partial charge in [0.05, 0.1) is 12.0 Å². The van der Waals surface area contributed by atoms with Crippen LogP contribution >= 0.6 is 11.8 Å². The van der Waals surface area contributed by atoms with E-state index in [1.54, 1.807) is 6.07 Å². The molecule has 0 aliphatic heterocycles. The van der Waals surface area contributed by atoms with Crippen molar-refractivity contribution in [3.8, 4) is 0 Å². The molecule has 2 heterocycles. The Labute approximate surface area is 170 Å². The molecule has 0 saturated heterocycles. The Balaban J connectivity index is 1.64. The van der Waals surface area contributed by atoms with Crippen molar-refractivity contribution < 1.29 is 14.0 Å². The largest absolute Gasteiger partial charge is 0.459 e. The number of nitrogen functional groups attached to an aromatic ring is 1. The summed E-state index contributed by atoms with van der Waals surface area (Å²) in [6.07, 6.45) is 1.34. The van der Waals surface area contributed by atoms with Gasteiger partial charge in [0.2, 0.25) is 5.91 Å². The highest BCUT2D eigenvalue weighted by atomic mass is 32.2. The van der Waals surface area contributed by atoms with Crippen LogP contribution in [0.4, 0.5) is 17.2 Å². The fourth-order valence-corrected chi connectivity index (χ4v) is 3.12. The lowest BCUT2D eigenvalue weighted by Gasteiger charge is -2.10. The molecule has 3 aromatic rings. The van der Waals surface area contributed by atoms with Gasteiger partial charge in [0.1, 0.15) is 0 Å². The highest BCUT2D eigenvalue weighted by Crippen LogP contribution is 2.20. The number of aromatic amines is 1. The van der Waals surface area contributed by atoms with Crippen LogP contribution in [0.15, 0.2) is 51.0 Å². The summed E-state index contributed by atoms with van der Waals surface area (Å²) < 4.78 is 4.97.